The van der Waals surface area contributed by atoms with Gasteiger partial charge in [0, 0.05) is 6.42 Å². The highest BCUT2D eigenvalue weighted by Gasteiger charge is 2.19. The molecule has 0 bridgehead atoms. The number of carbonyl (C=O) groups excluding carboxylic acids is 1. The molecular formula is C19H17N3O3S2. The Morgan fingerprint density at radius 2 is 2.11 bits per heavy atom. The number of nitrogens with zero attached hydrogens (tertiary/aromatic N) is 3. The predicted molar refractivity (Wildman–Crippen MR) is 105 cm³/mol. The smallest absolute Gasteiger partial charge is 0.306 e. The van der Waals surface area contributed by atoms with Gasteiger partial charge in [-0.2, -0.15) is 0 Å². The molecule has 3 aromatic heterocycles. The van der Waals surface area contributed by atoms with Crippen molar-refractivity contribution in [3.05, 3.63) is 52.7 Å². The Hall–Kier alpha value is -2.58. The number of fused-ring (bicyclic) bond motifs is 1. The quantitative estimate of drug-likeness (QED) is 0.405. The molecule has 0 aliphatic rings. The highest BCUT2D eigenvalue weighted by molar-refractivity contribution is 7.18. The SMILES string of the molecule is C[C@@H](OC(=O)CCCc1nc2ccccc2s1)c1nnc(-c2cccs2)o1. The second kappa shape index (κ2) is 7.98. The second-order valence-electron chi connectivity index (χ2n) is 5.98. The van der Waals surface area contributed by atoms with Crippen LogP contribution in [0, 0.1) is 0 Å². The van der Waals surface area contributed by atoms with Gasteiger partial charge in [-0.25, -0.2) is 4.98 Å². The van der Waals surface area contributed by atoms with Crippen LogP contribution in [-0.2, 0) is 16.0 Å². The molecule has 0 aliphatic heterocycles. The van der Waals surface area contributed by atoms with Crippen molar-refractivity contribution in [2.24, 2.45) is 0 Å². The van der Waals surface area contributed by atoms with Gasteiger partial charge in [-0.1, -0.05) is 18.2 Å². The van der Waals surface area contributed by atoms with Crippen molar-refractivity contribution in [3.63, 3.8) is 0 Å². The summed E-state index contributed by atoms with van der Waals surface area (Å²) in [6.45, 7) is 1.73. The largest absolute Gasteiger partial charge is 0.453 e. The van der Waals surface area contributed by atoms with Crippen molar-refractivity contribution in [3.8, 4) is 10.8 Å². The number of thiazole rings is 1. The van der Waals surface area contributed by atoms with Gasteiger partial charge in [0.15, 0.2) is 6.10 Å². The van der Waals surface area contributed by atoms with Crippen LogP contribution in [0.25, 0.3) is 21.0 Å². The minimum absolute atomic E-state index is 0.278. The maximum atomic E-state index is 12.1. The number of esters is 1. The molecule has 0 radical (unpaired) electrons. The summed E-state index contributed by atoms with van der Waals surface area (Å²) < 4.78 is 12.2. The number of carbonyl (C=O) groups is 1. The lowest BCUT2D eigenvalue weighted by atomic mass is 10.2. The molecule has 138 valence electrons. The summed E-state index contributed by atoms with van der Waals surface area (Å²) in [6.07, 6.45) is 1.20. The zero-order valence-electron chi connectivity index (χ0n) is 14.6. The van der Waals surface area contributed by atoms with Crippen molar-refractivity contribution in [2.45, 2.75) is 32.3 Å². The van der Waals surface area contributed by atoms with Crippen LogP contribution in [0.2, 0.25) is 0 Å². The van der Waals surface area contributed by atoms with E-state index in [1.54, 1.807) is 18.3 Å². The maximum Gasteiger partial charge on any atom is 0.306 e. The summed E-state index contributed by atoms with van der Waals surface area (Å²) in [6, 6.07) is 11.9. The van der Waals surface area contributed by atoms with Crippen LogP contribution in [0.15, 0.2) is 46.2 Å². The average Bonchev–Trinajstić information content (AvgIpc) is 3.40. The molecule has 1 aromatic carbocycles. The Morgan fingerprint density at radius 1 is 1.22 bits per heavy atom. The standard InChI is InChI=1S/C19H17N3O3S2/c1-12(18-21-22-19(25-18)15-8-5-11-26-15)24-17(23)10-4-9-16-20-13-6-2-3-7-14(13)27-16/h2-3,5-8,11-12H,4,9-10H2,1H3/t12-/m1/s1. The predicted octanol–water partition coefficient (Wildman–Crippen LogP) is 5.03. The first kappa shape index (κ1) is 17.8. The number of benzene rings is 1. The van der Waals surface area contributed by atoms with Crippen LogP contribution in [0.5, 0.6) is 0 Å². The molecule has 3 heterocycles. The van der Waals surface area contributed by atoms with E-state index in [4.69, 9.17) is 9.15 Å². The van der Waals surface area contributed by atoms with E-state index in [1.807, 2.05) is 35.7 Å². The van der Waals surface area contributed by atoms with Gasteiger partial charge in [-0.05, 0) is 43.3 Å². The molecule has 0 saturated carbocycles. The lowest BCUT2D eigenvalue weighted by molar-refractivity contribution is -0.149. The van der Waals surface area contributed by atoms with E-state index >= 15 is 0 Å². The zero-order valence-corrected chi connectivity index (χ0v) is 16.3. The van der Waals surface area contributed by atoms with Gasteiger partial charge in [0.25, 0.3) is 11.8 Å². The van der Waals surface area contributed by atoms with E-state index in [1.165, 1.54) is 16.0 Å². The molecule has 4 aromatic rings. The van der Waals surface area contributed by atoms with E-state index in [-0.39, 0.29) is 5.97 Å². The number of rotatable bonds is 7. The van der Waals surface area contributed by atoms with Gasteiger partial charge in [0.1, 0.15) is 0 Å². The fourth-order valence-corrected chi connectivity index (χ4v) is 4.27. The molecule has 8 heteroatoms. The number of hydrogen-bond donors (Lipinski definition) is 0. The van der Waals surface area contributed by atoms with E-state index in [0.29, 0.717) is 24.6 Å². The first-order valence-electron chi connectivity index (χ1n) is 8.60. The van der Waals surface area contributed by atoms with Crippen LogP contribution >= 0.6 is 22.7 Å². The van der Waals surface area contributed by atoms with Gasteiger partial charge >= 0.3 is 5.97 Å². The van der Waals surface area contributed by atoms with Crippen LogP contribution in [0.3, 0.4) is 0 Å². The van der Waals surface area contributed by atoms with E-state index in [2.05, 4.69) is 21.2 Å². The molecule has 0 N–H and O–H groups in total. The fourth-order valence-electron chi connectivity index (χ4n) is 2.62. The lowest BCUT2D eigenvalue weighted by Crippen LogP contribution is -2.09. The molecule has 0 fully saturated rings. The molecule has 0 saturated heterocycles. The summed E-state index contributed by atoms with van der Waals surface area (Å²) in [5, 5.41) is 11.0. The van der Waals surface area contributed by atoms with Gasteiger partial charge < -0.3 is 9.15 Å². The van der Waals surface area contributed by atoms with Gasteiger partial charge in [0.2, 0.25) is 0 Å². The molecule has 6 nitrogen and oxygen atoms in total. The first-order valence-corrected chi connectivity index (χ1v) is 10.3. The third-order valence-electron chi connectivity index (χ3n) is 3.94. The molecule has 1 atom stereocenters. The van der Waals surface area contributed by atoms with Gasteiger partial charge in [-0.15, -0.1) is 32.9 Å². The highest BCUT2D eigenvalue weighted by Crippen LogP contribution is 2.26. The summed E-state index contributed by atoms with van der Waals surface area (Å²) in [5.74, 6) is 0.469. The summed E-state index contributed by atoms with van der Waals surface area (Å²) in [4.78, 5) is 17.6. The lowest BCUT2D eigenvalue weighted by Gasteiger charge is -2.08. The number of hydrogen-bond acceptors (Lipinski definition) is 8. The average molecular weight is 399 g/mol. The number of thiophene rings is 1. The number of aryl methyl sites for hydroxylation is 1. The highest BCUT2D eigenvalue weighted by atomic mass is 32.1. The van der Waals surface area contributed by atoms with E-state index < -0.39 is 6.10 Å². The molecule has 0 amide bonds. The van der Waals surface area contributed by atoms with Crippen molar-refractivity contribution >= 4 is 38.9 Å². The maximum absolute atomic E-state index is 12.1. The Bertz CT molecular complexity index is 1010. The third kappa shape index (κ3) is 4.23. The number of aromatic nitrogens is 3. The summed E-state index contributed by atoms with van der Waals surface area (Å²) >= 11 is 3.18. The Kier molecular flexibility index (Phi) is 5.26. The van der Waals surface area contributed by atoms with Crippen molar-refractivity contribution in [2.75, 3.05) is 0 Å². The minimum atomic E-state index is -0.568. The van der Waals surface area contributed by atoms with Crippen molar-refractivity contribution in [1.82, 2.24) is 15.2 Å². The minimum Gasteiger partial charge on any atom is -0.453 e. The molecule has 27 heavy (non-hydrogen) atoms. The van der Waals surface area contributed by atoms with E-state index in [0.717, 1.165) is 21.8 Å². The summed E-state index contributed by atoms with van der Waals surface area (Å²) in [7, 11) is 0. The Labute approximate surface area is 163 Å². The molecule has 4 rings (SSSR count). The third-order valence-corrected chi connectivity index (χ3v) is 5.89. The van der Waals surface area contributed by atoms with Crippen LogP contribution in [0.4, 0.5) is 0 Å². The molecule has 0 unspecified atom stereocenters. The van der Waals surface area contributed by atoms with Crippen molar-refractivity contribution in [1.29, 1.82) is 0 Å². The zero-order chi connectivity index (χ0) is 18.6. The van der Waals surface area contributed by atoms with Crippen molar-refractivity contribution < 1.29 is 13.9 Å². The Morgan fingerprint density at radius 3 is 2.93 bits per heavy atom. The van der Waals surface area contributed by atoms with Gasteiger partial charge in [0.05, 0.1) is 20.1 Å². The summed E-state index contributed by atoms with van der Waals surface area (Å²) in [5.41, 5.74) is 1.01. The monoisotopic (exact) mass is 399 g/mol. The van der Waals surface area contributed by atoms with E-state index in [9.17, 15) is 4.79 Å². The number of ether oxygens (including phenoxy) is 1. The Balaban J connectivity index is 1.27. The molecular weight excluding hydrogens is 382 g/mol. The normalized spacial score (nSPS) is 12.3. The molecule has 0 aliphatic carbocycles. The fraction of sp³-hybridized carbons (Fsp3) is 0.263. The molecule has 0 spiro atoms. The second-order valence-corrected chi connectivity index (χ2v) is 8.05. The first-order chi connectivity index (χ1) is 13.2. The topological polar surface area (TPSA) is 78.1 Å². The number of para-hydroxylation sites is 1. The van der Waals surface area contributed by atoms with Gasteiger partial charge in [-0.3, -0.25) is 4.79 Å². The van der Waals surface area contributed by atoms with Crippen LogP contribution < -0.4 is 0 Å². The van der Waals surface area contributed by atoms with Crippen LogP contribution in [-0.4, -0.2) is 21.2 Å². The van der Waals surface area contributed by atoms with Crippen LogP contribution in [0.1, 0.15) is 36.8 Å².